The molecule has 1 N–H and O–H groups in total. The van der Waals surface area contributed by atoms with Crippen molar-refractivity contribution >= 4 is 0 Å². The van der Waals surface area contributed by atoms with Crippen LogP contribution in [0.25, 0.3) is 0 Å². The van der Waals surface area contributed by atoms with Gasteiger partial charge >= 0.3 is 0 Å². The van der Waals surface area contributed by atoms with E-state index in [2.05, 4.69) is 28.5 Å². The Bertz CT molecular complexity index is 596. The van der Waals surface area contributed by atoms with Crippen molar-refractivity contribution in [2.24, 2.45) is 7.05 Å². The lowest BCUT2D eigenvalue weighted by Crippen LogP contribution is -2.39. The molecule has 0 aliphatic carbocycles. The van der Waals surface area contributed by atoms with Crippen LogP contribution in [0.2, 0.25) is 0 Å². The highest BCUT2D eigenvalue weighted by atomic mass is 16.5. The quantitative estimate of drug-likeness (QED) is 0.921. The van der Waals surface area contributed by atoms with E-state index in [1.807, 2.05) is 36.3 Å². The highest BCUT2D eigenvalue weighted by Crippen LogP contribution is 2.28. The Morgan fingerprint density at radius 2 is 2.18 bits per heavy atom. The first-order valence-corrected chi connectivity index (χ1v) is 8.04. The summed E-state index contributed by atoms with van der Waals surface area (Å²) in [7, 11) is 1.98. The summed E-state index contributed by atoms with van der Waals surface area (Å²) >= 11 is 0. The van der Waals surface area contributed by atoms with E-state index in [0.717, 1.165) is 32.4 Å². The molecule has 3 heterocycles. The van der Waals surface area contributed by atoms with Crippen LogP contribution in [-0.2, 0) is 24.8 Å². The van der Waals surface area contributed by atoms with E-state index >= 15 is 0 Å². The van der Waals surface area contributed by atoms with E-state index in [4.69, 9.17) is 4.74 Å². The molecule has 0 spiro atoms. The zero-order chi connectivity index (χ0) is 15.4. The topological polar surface area (TPSA) is 52.0 Å². The first-order valence-electron chi connectivity index (χ1n) is 8.04. The van der Waals surface area contributed by atoms with Gasteiger partial charge in [-0.05, 0) is 37.0 Å². The monoisotopic (exact) mass is 300 g/mol. The van der Waals surface area contributed by atoms with Gasteiger partial charge < -0.3 is 10.1 Å². The fourth-order valence-corrected chi connectivity index (χ4v) is 3.14. The van der Waals surface area contributed by atoms with Crippen LogP contribution in [0, 0.1) is 0 Å². The molecule has 2 atom stereocenters. The number of hydrogen-bond donors (Lipinski definition) is 1. The Morgan fingerprint density at radius 3 is 2.95 bits per heavy atom. The van der Waals surface area contributed by atoms with Crippen LogP contribution in [0.3, 0.4) is 0 Å². The van der Waals surface area contributed by atoms with Crippen LogP contribution >= 0.6 is 0 Å². The van der Waals surface area contributed by atoms with Crippen molar-refractivity contribution in [1.82, 2.24) is 20.1 Å². The zero-order valence-electron chi connectivity index (χ0n) is 13.3. The average molecular weight is 300 g/mol. The Kier molecular flexibility index (Phi) is 4.85. The van der Waals surface area contributed by atoms with Crippen LogP contribution in [0.5, 0.6) is 0 Å². The van der Waals surface area contributed by atoms with E-state index in [-0.39, 0.29) is 6.10 Å². The fraction of sp³-hybridized carbons (Fsp3) is 0.529. The van der Waals surface area contributed by atoms with Crippen LogP contribution in [0.1, 0.15) is 42.7 Å². The second kappa shape index (κ2) is 7.03. The molecule has 0 aromatic carbocycles. The van der Waals surface area contributed by atoms with Crippen molar-refractivity contribution in [2.75, 3.05) is 6.61 Å². The van der Waals surface area contributed by atoms with Gasteiger partial charge in [-0.3, -0.25) is 9.67 Å². The number of pyridine rings is 1. The molecule has 1 fully saturated rings. The minimum absolute atomic E-state index is 0.110. The Balaban J connectivity index is 1.69. The highest BCUT2D eigenvalue weighted by Gasteiger charge is 2.27. The number of nitrogens with zero attached hydrogens (tertiary/aromatic N) is 3. The summed E-state index contributed by atoms with van der Waals surface area (Å²) in [4.78, 5) is 4.10. The number of aromatic nitrogens is 3. The highest BCUT2D eigenvalue weighted by molar-refractivity contribution is 5.19. The molecular formula is C17H24N4O. The maximum Gasteiger partial charge on any atom is 0.0978 e. The van der Waals surface area contributed by atoms with Gasteiger partial charge in [0.1, 0.15) is 0 Å². The molecule has 0 unspecified atom stereocenters. The third-order valence-electron chi connectivity index (χ3n) is 4.24. The number of ether oxygens (including phenoxy) is 1. The van der Waals surface area contributed by atoms with E-state index in [1.54, 1.807) is 0 Å². The van der Waals surface area contributed by atoms with Gasteiger partial charge in [0.25, 0.3) is 0 Å². The predicted molar refractivity (Wildman–Crippen MR) is 85.4 cm³/mol. The smallest absolute Gasteiger partial charge is 0.0978 e. The van der Waals surface area contributed by atoms with Gasteiger partial charge in [-0.15, -0.1) is 0 Å². The maximum absolute atomic E-state index is 6.02. The third kappa shape index (κ3) is 3.36. The second-order valence-corrected chi connectivity index (χ2v) is 5.83. The molecular weight excluding hydrogens is 276 g/mol. The molecule has 5 heteroatoms. The lowest BCUT2D eigenvalue weighted by Gasteiger charge is -2.32. The van der Waals surface area contributed by atoms with Crippen molar-refractivity contribution in [3.63, 3.8) is 0 Å². The molecule has 22 heavy (non-hydrogen) atoms. The first kappa shape index (κ1) is 15.2. The summed E-state index contributed by atoms with van der Waals surface area (Å²) in [5.41, 5.74) is 3.66. The van der Waals surface area contributed by atoms with Gasteiger partial charge in [0.05, 0.1) is 11.8 Å². The number of nitrogens with one attached hydrogen (secondary N) is 1. The largest absolute Gasteiger partial charge is 0.372 e. The standard InChI is InChI=1S/C17H24N4O/c1-3-15-14(12-21(2)20-15)11-19-16-5-4-10-22-17(16)13-6-8-18-9-7-13/h6-9,12,16-17,19H,3-5,10-11H2,1-2H3/t16-,17+/m0/s1. The van der Waals surface area contributed by atoms with Gasteiger partial charge in [0.2, 0.25) is 0 Å². The molecule has 1 aliphatic heterocycles. The van der Waals surface area contributed by atoms with Gasteiger partial charge in [-0.1, -0.05) is 6.92 Å². The van der Waals surface area contributed by atoms with Crippen LogP contribution in [-0.4, -0.2) is 27.4 Å². The van der Waals surface area contributed by atoms with E-state index in [0.29, 0.717) is 6.04 Å². The van der Waals surface area contributed by atoms with E-state index in [9.17, 15) is 0 Å². The van der Waals surface area contributed by atoms with Crippen LogP contribution in [0.15, 0.2) is 30.7 Å². The van der Waals surface area contributed by atoms with Crippen LogP contribution in [0.4, 0.5) is 0 Å². The Morgan fingerprint density at radius 1 is 1.36 bits per heavy atom. The molecule has 1 saturated heterocycles. The number of hydrogen-bond acceptors (Lipinski definition) is 4. The van der Waals surface area contributed by atoms with Crippen molar-refractivity contribution < 1.29 is 4.74 Å². The Labute approximate surface area is 131 Å². The van der Waals surface area contributed by atoms with E-state index in [1.165, 1.54) is 16.8 Å². The van der Waals surface area contributed by atoms with Gasteiger partial charge in [-0.25, -0.2) is 0 Å². The molecule has 3 rings (SSSR count). The normalized spacial score (nSPS) is 21.9. The molecule has 1 aliphatic rings. The SMILES string of the molecule is CCc1nn(C)cc1CN[C@H]1CCCO[C@@H]1c1ccncc1. The molecule has 118 valence electrons. The fourth-order valence-electron chi connectivity index (χ4n) is 3.14. The maximum atomic E-state index is 6.02. The second-order valence-electron chi connectivity index (χ2n) is 5.83. The van der Waals surface area contributed by atoms with Gasteiger partial charge in [0.15, 0.2) is 0 Å². The predicted octanol–water partition coefficient (Wildman–Crippen LogP) is 2.39. The van der Waals surface area contributed by atoms with Crippen molar-refractivity contribution in [1.29, 1.82) is 0 Å². The molecule has 0 radical (unpaired) electrons. The minimum atomic E-state index is 0.110. The number of rotatable bonds is 5. The lowest BCUT2D eigenvalue weighted by molar-refractivity contribution is -0.0112. The molecule has 2 aromatic rings. The summed E-state index contributed by atoms with van der Waals surface area (Å²) in [6, 6.07) is 4.43. The van der Waals surface area contributed by atoms with Crippen LogP contribution < -0.4 is 5.32 Å². The summed E-state index contributed by atoms with van der Waals surface area (Å²) in [6.07, 6.45) is 9.09. The Hall–Kier alpha value is -1.72. The van der Waals surface area contributed by atoms with Crippen molar-refractivity contribution in [3.8, 4) is 0 Å². The first-order chi connectivity index (χ1) is 10.8. The molecule has 0 saturated carbocycles. The van der Waals surface area contributed by atoms with Gasteiger partial charge in [-0.2, -0.15) is 5.10 Å². The number of aryl methyl sites for hydroxylation is 2. The molecule has 5 nitrogen and oxygen atoms in total. The summed E-state index contributed by atoms with van der Waals surface area (Å²) < 4.78 is 7.91. The summed E-state index contributed by atoms with van der Waals surface area (Å²) in [5.74, 6) is 0. The lowest BCUT2D eigenvalue weighted by atomic mass is 9.96. The van der Waals surface area contributed by atoms with E-state index < -0.39 is 0 Å². The third-order valence-corrected chi connectivity index (χ3v) is 4.24. The molecule has 0 amide bonds. The zero-order valence-corrected chi connectivity index (χ0v) is 13.3. The van der Waals surface area contributed by atoms with Crippen molar-refractivity contribution in [2.45, 2.75) is 44.9 Å². The summed E-state index contributed by atoms with van der Waals surface area (Å²) in [5, 5.41) is 8.18. The molecule has 2 aromatic heterocycles. The van der Waals surface area contributed by atoms with Crippen molar-refractivity contribution in [3.05, 3.63) is 47.5 Å². The van der Waals surface area contributed by atoms with Gasteiger partial charge in [0, 0.05) is 50.4 Å². The average Bonchev–Trinajstić information content (AvgIpc) is 2.94. The summed E-state index contributed by atoms with van der Waals surface area (Å²) in [6.45, 7) is 3.82. The minimum Gasteiger partial charge on any atom is -0.372 e. The molecule has 0 bridgehead atoms.